The van der Waals surface area contributed by atoms with Crippen molar-refractivity contribution in [1.82, 2.24) is 20.6 Å². The second kappa shape index (κ2) is 9.58. The van der Waals surface area contributed by atoms with Crippen molar-refractivity contribution in [2.24, 2.45) is 0 Å². The number of hydrogen-bond acceptors (Lipinski definition) is 6. The normalized spacial score (nSPS) is 25.0. The number of alkyl carbamates (subject to hydrolysis) is 1. The van der Waals surface area contributed by atoms with E-state index in [9.17, 15) is 18.0 Å². The molecule has 0 bridgehead atoms. The number of nitrogens with one attached hydrogen (secondary N) is 2. The van der Waals surface area contributed by atoms with Crippen LogP contribution in [0.5, 0.6) is 0 Å². The summed E-state index contributed by atoms with van der Waals surface area (Å²) in [4.78, 5) is 21.7. The highest BCUT2D eigenvalue weighted by Crippen LogP contribution is 2.32. The smallest absolute Gasteiger partial charge is 0.444 e. The molecule has 1 amide bonds. The number of carbonyl (C=O) groups excluding carboxylic acids is 1. The summed E-state index contributed by atoms with van der Waals surface area (Å²) in [5, 5.41) is 6.38. The number of rotatable bonds is 4. The number of piperidine rings is 1. The molecule has 0 spiro atoms. The lowest BCUT2D eigenvalue weighted by Crippen LogP contribution is -2.59. The van der Waals surface area contributed by atoms with Gasteiger partial charge in [-0.25, -0.2) is 14.8 Å². The number of halogens is 3. The number of amides is 1. The van der Waals surface area contributed by atoms with E-state index in [0.717, 1.165) is 51.6 Å². The van der Waals surface area contributed by atoms with Crippen molar-refractivity contribution in [2.45, 2.75) is 89.2 Å². The first-order chi connectivity index (χ1) is 14.5. The van der Waals surface area contributed by atoms with E-state index in [1.165, 1.54) is 12.4 Å². The van der Waals surface area contributed by atoms with E-state index in [4.69, 9.17) is 4.74 Å². The molecule has 1 saturated heterocycles. The molecular weight excluding hydrogens is 411 g/mol. The lowest BCUT2D eigenvalue weighted by Gasteiger charge is -2.46. The van der Waals surface area contributed by atoms with Gasteiger partial charge in [0.1, 0.15) is 5.60 Å². The van der Waals surface area contributed by atoms with Gasteiger partial charge < -0.3 is 20.3 Å². The van der Waals surface area contributed by atoms with Gasteiger partial charge in [0.15, 0.2) is 0 Å². The van der Waals surface area contributed by atoms with E-state index in [1.807, 2.05) is 20.8 Å². The lowest BCUT2D eigenvalue weighted by molar-refractivity contribution is -0.145. The SMILES string of the molecule is CC(C)(C)OC(=O)N[C@@H]1CCCC[C@H]1N(c1cnc(C(F)(F)F)nc1)[C@H]1CCCNC1. The zero-order chi connectivity index (χ0) is 22.6. The van der Waals surface area contributed by atoms with Crippen LogP contribution in [0, 0.1) is 0 Å². The molecule has 3 atom stereocenters. The Hall–Kier alpha value is -2.10. The van der Waals surface area contributed by atoms with Crippen molar-refractivity contribution in [3.8, 4) is 0 Å². The van der Waals surface area contributed by atoms with Crippen LogP contribution < -0.4 is 15.5 Å². The van der Waals surface area contributed by atoms with Crippen LogP contribution in [0.1, 0.15) is 65.1 Å². The molecule has 7 nitrogen and oxygen atoms in total. The highest BCUT2D eigenvalue weighted by atomic mass is 19.4. The van der Waals surface area contributed by atoms with Gasteiger partial charge in [0.25, 0.3) is 0 Å². The summed E-state index contributed by atoms with van der Waals surface area (Å²) in [7, 11) is 0. The van der Waals surface area contributed by atoms with Crippen molar-refractivity contribution in [3.05, 3.63) is 18.2 Å². The van der Waals surface area contributed by atoms with Crippen LogP contribution in [0.3, 0.4) is 0 Å². The monoisotopic (exact) mass is 443 g/mol. The third kappa shape index (κ3) is 6.44. The van der Waals surface area contributed by atoms with Gasteiger partial charge in [-0.05, 0) is 53.0 Å². The first-order valence-electron chi connectivity index (χ1n) is 10.9. The molecule has 0 radical (unpaired) electrons. The molecule has 2 heterocycles. The fourth-order valence-electron chi connectivity index (χ4n) is 4.42. The van der Waals surface area contributed by atoms with Crippen molar-refractivity contribution >= 4 is 11.8 Å². The average Bonchev–Trinajstić information content (AvgIpc) is 2.69. The summed E-state index contributed by atoms with van der Waals surface area (Å²) >= 11 is 0. The first-order valence-corrected chi connectivity index (χ1v) is 10.9. The van der Waals surface area contributed by atoms with E-state index < -0.39 is 23.7 Å². The number of ether oxygens (including phenoxy) is 1. The Balaban J connectivity index is 1.86. The Morgan fingerprint density at radius 2 is 1.81 bits per heavy atom. The van der Waals surface area contributed by atoms with E-state index in [1.54, 1.807) is 0 Å². The van der Waals surface area contributed by atoms with Crippen molar-refractivity contribution in [3.63, 3.8) is 0 Å². The zero-order valence-electron chi connectivity index (χ0n) is 18.3. The third-order valence-corrected chi connectivity index (χ3v) is 5.64. The first kappa shape index (κ1) is 23.6. The van der Waals surface area contributed by atoms with Gasteiger partial charge in [0.2, 0.25) is 5.82 Å². The number of nitrogens with zero attached hydrogens (tertiary/aromatic N) is 3. The summed E-state index contributed by atoms with van der Waals surface area (Å²) in [6.45, 7) is 7.06. The van der Waals surface area contributed by atoms with E-state index in [-0.39, 0.29) is 18.1 Å². The van der Waals surface area contributed by atoms with Crippen LogP contribution in [0.25, 0.3) is 0 Å². The standard InChI is InChI=1S/C21H32F3N5O2/c1-20(2,3)31-19(30)28-16-8-4-5-9-17(16)29(14-7-6-10-25-11-14)15-12-26-18(27-13-15)21(22,23)24/h12-14,16-17,25H,4-11H2,1-3H3,(H,28,30)/t14-,16+,17+/m0/s1. The van der Waals surface area contributed by atoms with Crippen LogP contribution >= 0.6 is 0 Å². The number of hydrogen-bond donors (Lipinski definition) is 2. The quantitative estimate of drug-likeness (QED) is 0.735. The molecule has 10 heteroatoms. The van der Waals surface area contributed by atoms with Crippen LogP contribution in [0.4, 0.5) is 23.7 Å². The molecule has 1 aromatic heterocycles. The molecule has 1 saturated carbocycles. The molecule has 0 aromatic carbocycles. The predicted octanol–water partition coefficient (Wildman–Crippen LogP) is 3.89. The topological polar surface area (TPSA) is 79.4 Å². The number of alkyl halides is 3. The summed E-state index contributed by atoms with van der Waals surface area (Å²) in [6.07, 6.45) is 2.87. The maximum absolute atomic E-state index is 13.0. The van der Waals surface area contributed by atoms with E-state index in [0.29, 0.717) is 5.69 Å². The van der Waals surface area contributed by atoms with Crippen LogP contribution in [0.2, 0.25) is 0 Å². The maximum Gasteiger partial charge on any atom is 0.451 e. The predicted molar refractivity (Wildman–Crippen MR) is 111 cm³/mol. The van der Waals surface area contributed by atoms with Gasteiger partial charge in [-0.2, -0.15) is 13.2 Å². The van der Waals surface area contributed by atoms with Gasteiger partial charge in [-0.1, -0.05) is 12.8 Å². The molecule has 1 aliphatic carbocycles. The Bertz CT molecular complexity index is 730. The minimum absolute atomic E-state index is 0.0773. The molecule has 0 unspecified atom stereocenters. The van der Waals surface area contributed by atoms with Crippen molar-refractivity contribution in [1.29, 1.82) is 0 Å². The van der Waals surface area contributed by atoms with E-state index >= 15 is 0 Å². The molecule has 174 valence electrons. The minimum atomic E-state index is -4.58. The summed E-state index contributed by atoms with van der Waals surface area (Å²) in [5.41, 5.74) is -0.0627. The number of carbonyl (C=O) groups is 1. The largest absolute Gasteiger partial charge is 0.451 e. The van der Waals surface area contributed by atoms with Crippen LogP contribution in [0.15, 0.2) is 12.4 Å². The van der Waals surface area contributed by atoms with Crippen molar-refractivity contribution in [2.75, 3.05) is 18.0 Å². The van der Waals surface area contributed by atoms with E-state index in [2.05, 4.69) is 25.5 Å². The fraction of sp³-hybridized carbons (Fsp3) is 0.762. The van der Waals surface area contributed by atoms with Gasteiger partial charge in [-0.3, -0.25) is 0 Å². The lowest BCUT2D eigenvalue weighted by atomic mass is 9.87. The Morgan fingerprint density at radius 1 is 1.13 bits per heavy atom. The molecule has 31 heavy (non-hydrogen) atoms. The van der Waals surface area contributed by atoms with Crippen LogP contribution in [-0.4, -0.2) is 52.9 Å². The second-order valence-corrected chi connectivity index (χ2v) is 9.27. The van der Waals surface area contributed by atoms with Gasteiger partial charge in [0.05, 0.1) is 24.1 Å². The summed E-state index contributed by atoms with van der Waals surface area (Å²) in [6, 6.07) is -0.167. The van der Waals surface area contributed by atoms with Gasteiger partial charge >= 0.3 is 12.3 Å². The number of aromatic nitrogens is 2. The zero-order valence-corrected chi connectivity index (χ0v) is 18.3. The fourth-order valence-corrected chi connectivity index (χ4v) is 4.42. The molecular formula is C21H32F3N5O2. The Kier molecular flexibility index (Phi) is 7.28. The highest BCUT2D eigenvalue weighted by molar-refractivity contribution is 5.68. The maximum atomic E-state index is 13.0. The van der Waals surface area contributed by atoms with Crippen LogP contribution in [-0.2, 0) is 10.9 Å². The molecule has 2 fully saturated rings. The minimum Gasteiger partial charge on any atom is -0.444 e. The molecule has 2 N–H and O–H groups in total. The molecule has 3 rings (SSSR count). The third-order valence-electron chi connectivity index (χ3n) is 5.64. The molecule has 1 aromatic rings. The van der Waals surface area contributed by atoms with Gasteiger partial charge in [-0.15, -0.1) is 0 Å². The van der Waals surface area contributed by atoms with Gasteiger partial charge in [0, 0.05) is 18.6 Å². The highest BCUT2D eigenvalue weighted by Gasteiger charge is 2.38. The molecule has 2 aliphatic rings. The number of anilines is 1. The summed E-state index contributed by atoms with van der Waals surface area (Å²) in [5.74, 6) is -1.15. The Morgan fingerprint density at radius 3 is 2.39 bits per heavy atom. The average molecular weight is 444 g/mol. The molecule has 1 aliphatic heterocycles. The second-order valence-electron chi connectivity index (χ2n) is 9.27. The summed E-state index contributed by atoms with van der Waals surface area (Å²) < 4.78 is 44.3. The van der Waals surface area contributed by atoms with Crippen molar-refractivity contribution < 1.29 is 22.7 Å². The Labute approximate surface area is 181 Å².